The summed E-state index contributed by atoms with van der Waals surface area (Å²) in [5.41, 5.74) is 1.70. The monoisotopic (exact) mass is 357 g/mol. The third kappa shape index (κ3) is 4.12. The fourth-order valence-electron chi connectivity index (χ4n) is 3.58. The second kappa shape index (κ2) is 7.72. The van der Waals surface area contributed by atoms with Crippen molar-refractivity contribution in [1.82, 2.24) is 5.32 Å². The number of ether oxygens (including phenoxy) is 1. The van der Waals surface area contributed by atoms with Crippen LogP contribution in [0.15, 0.2) is 33.5 Å². The largest absolute Gasteiger partial charge is 0.469 e. The Bertz CT molecular complexity index is 877. The van der Waals surface area contributed by atoms with Gasteiger partial charge in [0.2, 0.25) is 5.91 Å². The molecule has 1 aromatic carbocycles. The summed E-state index contributed by atoms with van der Waals surface area (Å²) in [5, 5.41) is 3.79. The van der Waals surface area contributed by atoms with E-state index in [0.717, 1.165) is 36.6 Å². The maximum Gasteiger partial charge on any atom is 0.336 e. The van der Waals surface area contributed by atoms with Gasteiger partial charge in [-0.05, 0) is 49.8 Å². The smallest absolute Gasteiger partial charge is 0.336 e. The zero-order valence-corrected chi connectivity index (χ0v) is 15.0. The van der Waals surface area contributed by atoms with Crippen LogP contribution in [0.3, 0.4) is 0 Å². The summed E-state index contributed by atoms with van der Waals surface area (Å²) in [4.78, 5) is 35.8. The van der Waals surface area contributed by atoms with Gasteiger partial charge in [-0.25, -0.2) is 4.79 Å². The minimum atomic E-state index is -0.454. The number of esters is 1. The summed E-state index contributed by atoms with van der Waals surface area (Å²) in [6, 6.07) is 7.03. The average molecular weight is 357 g/mol. The Morgan fingerprint density at radius 3 is 2.62 bits per heavy atom. The highest BCUT2D eigenvalue weighted by atomic mass is 16.5. The van der Waals surface area contributed by atoms with Crippen molar-refractivity contribution in [3.8, 4) is 0 Å². The molecule has 1 aliphatic carbocycles. The first-order valence-electron chi connectivity index (χ1n) is 8.87. The summed E-state index contributed by atoms with van der Waals surface area (Å²) < 4.78 is 10.0. The molecule has 6 nitrogen and oxygen atoms in total. The van der Waals surface area contributed by atoms with E-state index in [4.69, 9.17) is 9.15 Å². The lowest BCUT2D eigenvalue weighted by Gasteiger charge is -2.27. The first-order chi connectivity index (χ1) is 12.5. The molecule has 6 heteroatoms. The maximum atomic E-state index is 12.4. The van der Waals surface area contributed by atoms with Crippen molar-refractivity contribution in [2.45, 2.75) is 45.1 Å². The van der Waals surface area contributed by atoms with Crippen LogP contribution in [0.5, 0.6) is 0 Å². The first-order valence-corrected chi connectivity index (χ1v) is 8.87. The van der Waals surface area contributed by atoms with E-state index in [0.29, 0.717) is 11.1 Å². The summed E-state index contributed by atoms with van der Waals surface area (Å²) in [5.74, 6) is -0.370. The molecule has 1 saturated carbocycles. The lowest BCUT2D eigenvalue weighted by Crippen LogP contribution is -2.39. The summed E-state index contributed by atoms with van der Waals surface area (Å²) in [6.07, 6.45) is 3.07. The molecule has 1 N–H and O–H groups in total. The van der Waals surface area contributed by atoms with Gasteiger partial charge in [-0.3, -0.25) is 9.59 Å². The Kier molecular flexibility index (Phi) is 5.40. The zero-order chi connectivity index (χ0) is 18.7. The quantitative estimate of drug-likeness (QED) is 0.671. The SMILES string of the molecule is COC(=O)C1CCC(NC(=O)Cc2cc(=O)oc3cc(C)ccc23)CC1. The third-order valence-corrected chi connectivity index (χ3v) is 4.96. The average Bonchev–Trinajstić information content (AvgIpc) is 2.61. The van der Waals surface area contributed by atoms with Gasteiger partial charge < -0.3 is 14.5 Å². The second-order valence-electron chi connectivity index (χ2n) is 6.91. The van der Waals surface area contributed by atoms with Gasteiger partial charge in [-0.1, -0.05) is 12.1 Å². The van der Waals surface area contributed by atoms with E-state index in [-0.39, 0.29) is 30.3 Å². The summed E-state index contributed by atoms with van der Waals surface area (Å²) >= 11 is 0. The molecule has 0 radical (unpaired) electrons. The number of aryl methyl sites for hydroxylation is 1. The predicted molar refractivity (Wildman–Crippen MR) is 96.8 cm³/mol. The molecule has 1 amide bonds. The molecule has 2 aromatic rings. The van der Waals surface area contributed by atoms with Crippen LogP contribution in [0.25, 0.3) is 11.0 Å². The van der Waals surface area contributed by atoms with Gasteiger partial charge in [0, 0.05) is 17.5 Å². The van der Waals surface area contributed by atoms with E-state index in [1.54, 1.807) is 6.07 Å². The number of fused-ring (bicyclic) bond motifs is 1. The standard InChI is InChI=1S/C20H23NO5/c1-12-3-8-16-14(11-19(23)26-17(16)9-12)10-18(22)21-15-6-4-13(5-7-15)20(24)25-2/h3,8-9,11,13,15H,4-7,10H2,1-2H3,(H,21,22). The topological polar surface area (TPSA) is 85.6 Å². The molecule has 1 aliphatic rings. The minimum Gasteiger partial charge on any atom is -0.469 e. The number of hydrogen-bond acceptors (Lipinski definition) is 5. The van der Waals surface area contributed by atoms with Crippen molar-refractivity contribution in [3.63, 3.8) is 0 Å². The van der Waals surface area contributed by atoms with E-state index in [1.165, 1.54) is 13.2 Å². The van der Waals surface area contributed by atoms with Gasteiger partial charge in [0.1, 0.15) is 5.58 Å². The molecule has 1 heterocycles. The minimum absolute atomic E-state index is 0.0528. The highest BCUT2D eigenvalue weighted by Crippen LogP contribution is 2.25. The predicted octanol–water partition coefficient (Wildman–Crippen LogP) is 2.49. The number of benzene rings is 1. The highest BCUT2D eigenvalue weighted by Gasteiger charge is 2.27. The molecule has 0 spiro atoms. The van der Waals surface area contributed by atoms with Crippen LogP contribution in [0.4, 0.5) is 0 Å². The van der Waals surface area contributed by atoms with Gasteiger partial charge in [0.25, 0.3) is 0 Å². The number of rotatable bonds is 4. The molecule has 0 bridgehead atoms. The number of nitrogens with one attached hydrogen (secondary N) is 1. The molecule has 3 rings (SSSR count). The van der Waals surface area contributed by atoms with Crippen LogP contribution in [-0.4, -0.2) is 25.0 Å². The Hall–Kier alpha value is -2.63. The van der Waals surface area contributed by atoms with Crippen LogP contribution in [0.2, 0.25) is 0 Å². The van der Waals surface area contributed by atoms with Gasteiger partial charge in [0.15, 0.2) is 0 Å². The number of hydrogen-bond donors (Lipinski definition) is 1. The van der Waals surface area contributed by atoms with Crippen LogP contribution >= 0.6 is 0 Å². The van der Waals surface area contributed by atoms with E-state index >= 15 is 0 Å². The van der Waals surface area contributed by atoms with Crippen LogP contribution in [-0.2, 0) is 20.7 Å². The second-order valence-corrected chi connectivity index (χ2v) is 6.91. The molecule has 138 valence electrons. The Labute approximate surface area is 151 Å². The molecule has 1 aromatic heterocycles. The summed E-state index contributed by atoms with van der Waals surface area (Å²) in [6.45, 7) is 1.92. The summed E-state index contributed by atoms with van der Waals surface area (Å²) in [7, 11) is 1.40. The van der Waals surface area contributed by atoms with Crippen molar-refractivity contribution < 1.29 is 18.7 Å². The van der Waals surface area contributed by atoms with Gasteiger partial charge >= 0.3 is 11.6 Å². The van der Waals surface area contributed by atoms with E-state index < -0.39 is 5.63 Å². The van der Waals surface area contributed by atoms with Gasteiger partial charge in [0.05, 0.1) is 19.4 Å². The van der Waals surface area contributed by atoms with E-state index in [2.05, 4.69) is 5.32 Å². The fourth-order valence-corrected chi connectivity index (χ4v) is 3.58. The first kappa shape index (κ1) is 18.2. The Morgan fingerprint density at radius 2 is 1.92 bits per heavy atom. The third-order valence-electron chi connectivity index (χ3n) is 4.96. The molecule has 1 fully saturated rings. The van der Waals surface area contributed by atoms with Gasteiger partial charge in [-0.2, -0.15) is 0 Å². The van der Waals surface area contributed by atoms with E-state index in [9.17, 15) is 14.4 Å². The Morgan fingerprint density at radius 1 is 1.19 bits per heavy atom. The van der Waals surface area contributed by atoms with Crippen molar-refractivity contribution >= 4 is 22.8 Å². The molecule has 0 aliphatic heterocycles. The number of carbonyl (C=O) groups is 2. The number of methoxy groups -OCH3 is 1. The zero-order valence-electron chi connectivity index (χ0n) is 15.0. The fraction of sp³-hybridized carbons (Fsp3) is 0.450. The number of amides is 1. The van der Waals surface area contributed by atoms with Crippen molar-refractivity contribution in [2.75, 3.05) is 7.11 Å². The number of carbonyl (C=O) groups excluding carboxylic acids is 2. The molecule has 26 heavy (non-hydrogen) atoms. The van der Waals surface area contributed by atoms with Crippen molar-refractivity contribution in [1.29, 1.82) is 0 Å². The maximum absolute atomic E-state index is 12.4. The normalized spacial score (nSPS) is 19.9. The van der Waals surface area contributed by atoms with Crippen molar-refractivity contribution in [2.24, 2.45) is 5.92 Å². The van der Waals surface area contributed by atoms with Gasteiger partial charge in [-0.15, -0.1) is 0 Å². The Balaban J connectivity index is 1.65. The highest BCUT2D eigenvalue weighted by molar-refractivity contribution is 5.87. The van der Waals surface area contributed by atoms with E-state index in [1.807, 2.05) is 19.1 Å². The lowest BCUT2D eigenvalue weighted by molar-refractivity contribution is -0.146. The van der Waals surface area contributed by atoms with Crippen LogP contribution in [0.1, 0.15) is 36.8 Å². The molecular formula is C20H23NO5. The van der Waals surface area contributed by atoms with Crippen LogP contribution in [0, 0.1) is 12.8 Å². The molecule has 0 saturated heterocycles. The lowest BCUT2D eigenvalue weighted by atomic mass is 9.86. The van der Waals surface area contributed by atoms with Crippen LogP contribution < -0.4 is 10.9 Å². The van der Waals surface area contributed by atoms with Crippen molar-refractivity contribution in [3.05, 3.63) is 45.8 Å². The molecule has 0 atom stereocenters. The molecule has 0 unspecified atom stereocenters. The molecular weight excluding hydrogens is 334 g/mol.